The van der Waals surface area contributed by atoms with E-state index in [0.29, 0.717) is 0 Å². The van der Waals surface area contributed by atoms with Crippen LogP contribution < -0.4 is 67.9 Å². The van der Waals surface area contributed by atoms with Gasteiger partial charge in [0.05, 0.1) is 0 Å². The molecule has 0 aromatic carbocycles. The van der Waals surface area contributed by atoms with Crippen molar-refractivity contribution in [3.63, 3.8) is 0 Å². The molecule has 0 nitrogen and oxygen atoms in total. The monoisotopic (exact) mass is 375 g/mol. The van der Waals surface area contributed by atoms with Gasteiger partial charge in [-0.3, -0.25) is 0 Å². The zero-order valence-corrected chi connectivity index (χ0v) is 9.23. The van der Waals surface area contributed by atoms with Crippen molar-refractivity contribution < 1.29 is 84.7 Å². The minimum atomic E-state index is 0. The van der Waals surface area contributed by atoms with Gasteiger partial charge in [0.25, 0.3) is 0 Å². The van der Waals surface area contributed by atoms with E-state index in [-0.39, 0.29) is 84.7 Å². The van der Waals surface area contributed by atoms with Gasteiger partial charge in [-0.2, -0.15) is 0 Å². The second kappa shape index (κ2) is 32.1. The molecule has 0 aromatic rings. The van der Waals surface area contributed by atoms with E-state index in [2.05, 4.69) is 0 Å². The van der Waals surface area contributed by atoms with E-state index in [1.165, 1.54) is 0 Å². The second-order valence-corrected chi connectivity index (χ2v) is 0. The van der Waals surface area contributed by atoms with Crippen LogP contribution in [0.15, 0.2) is 0 Å². The van der Waals surface area contributed by atoms with Crippen molar-refractivity contribution in [1.29, 1.82) is 0 Å². The predicted molar refractivity (Wildman–Crippen MR) is 0 cm³/mol. The normalized spacial score (nSPS) is 0. The predicted octanol–water partition coefficient (Wildman–Crippen LogP) is -12.0. The molecule has 0 amide bonds. The molecule has 0 saturated heterocycles. The van der Waals surface area contributed by atoms with Crippen LogP contribution in [0, 0.1) is 0 Å². The van der Waals surface area contributed by atoms with Crippen molar-refractivity contribution in [2.45, 2.75) is 0 Å². The summed E-state index contributed by atoms with van der Waals surface area (Å²) < 4.78 is 0. The number of hydrogen-bond donors (Lipinski definition) is 0. The van der Waals surface area contributed by atoms with Crippen LogP contribution in [0.1, 0.15) is 0 Å². The third-order valence-corrected chi connectivity index (χ3v) is 0. The minimum absolute atomic E-state index is 0. The Labute approximate surface area is 83.7 Å². The van der Waals surface area contributed by atoms with Crippen LogP contribution in [-0.4, -0.2) is 0 Å². The Morgan fingerprint density at radius 1 is 0.400 bits per heavy atom. The van der Waals surface area contributed by atoms with Gasteiger partial charge in [0.2, 0.25) is 0 Å². The molecule has 0 aliphatic heterocycles. The van der Waals surface area contributed by atoms with E-state index in [0.717, 1.165) is 0 Å². The zero-order chi connectivity index (χ0) is 0. The average molecular weight is 379 g/mol. The van der Waals surface area contributed by atoms with Crippen LogP contribution in [0.4, 0.5) is 0 Å². The van der Waals surface area contributed by atoms with Gasteiger partial charge in [-0.25, -0.2) is 0 Å². The average Bonchev–Trinajstić information content (AvgIpc) is 0. The van der Waals surface area contributed by atoms with Gasteiger partial charge < -0.3 is 67.9 Å². The summed E-state index contributed by atoms with van der Waals surface area (Å²) in [5.41, 5.74) is 0. The molecule has 0 heterocycles. The van der Waals surface area contributed by atoms with Crippen molar-refractivity contribution in [2.24, 2.45) is 0 Å². The molecule has 0 aliphatic carbocycles. The molecule has 5 heavy (non-hydrogen) atoms. The van der Waals surface area contributed by atoms with E-state index in [9.17, 15) is 0 Å². The van der Waals surface area contributed by atoms with Gasteiger partial charge in [-0.05, 0) is 0 Å². The molecule has 0 bridgehead atoms. The van der Waals surface area contributed by atoms with E-state index < -0.39 is 0 Å². The van der Waals surface area contributed by atoms with E-state index >= 15 is 0 Å². The van der Waals surface area contributed by atoms with Gasteiger partial charge in [0.1, 0.15) is 0 Å². The Kier molecular flexibility index (Phi) is 335. The SMILES string of the molecule is [Br-].[Br-].[Br-].[Br-].[Co+2]. The molecular weight excluding hydrogens is 379 g/mol. The fourth-order valence-electron chi connectivity index (χ4n) is 0. The van der Waals surface area contributed by atoms with E-state index in [1.54, 1.807) is 0 Å². The Morgan fingerprint density at radius 3 is 0.400 bits per heavy atom. The summed E-state index contributed by atoms with van der Waals surface area (Å²) >= 11 is 0. The molecule has 0 atom stereocenters. The number of halogens is 4. The molecular formula is Br4Co-2. The molecule has 1 radical (unpaired) electrons. The summed E-state index contributed by atoms with van der Waals surface area (Å²) in [6, 6.07) is 0. The largest absolute Gasteiger partial charge is 2.00 e. The van der Waals surface area contributed by atoms with Gasteiger partial charge >= 0.3 is 16.8 Å². The number of hydrogen-bond acceptors (Lipinski definition) is 0. The number of rotatable bonds is 0. The summed E-state index contributed by atoms with van der Waals surface area (Å²) in [5, 5.41) is 0. The summed E-state index contributed by atoms with van der Waals surface area (Å²) in [6.45, 7) is 0. The van der Waals surface area contributed by atoms with Crippen LogP contribution in [-0.2, 0) is 16.8 Å². The molecule has 0 spiro atoms. The maximum absolute atomic E-state index is 0. The maximum Gasteiger partial charge on any atom is 2.00 e. The van der Waals surface area contributed by atoms with Crippen molar-refractivity contribution >= 4 is 0 Å². The smallest absolute Gasteiger partial charge is 1.00 e. The van der Waals surface area contributed by atoms with E-state index in [1.807, 2.05) is 0 Å². The summed E-state index contributed by atoms with van der Waals surface area (Å²) in [7, 11) is 0. The van der Waals surface area contributed by atoms with Crippen molar-refractivity contribution in [3.05, 3.63) is 0 Å². The molecule has 0 N–H and O–H groups in total. The van der Waals surface area contributed by atoms with E-state index in [4.69, 9.17) is 0 Å². The standard InChI is InChI=1S/4BrH.Co/h4*1H;/q;;;;+2/p-4. The Balaban J connectivity index is 0. The molecule has 0 saturated carbocycles. The Hall–Kier alpha value is 2.43. The van der Waals surface area contributed by atoms with Crippen molar-refractivity contribution in [1.82, 2.24) is 0 Å². The van der Waals surface area contributed by atoms with Crippen LogP contribution in [0.25, 0.3) is 0 Å². The first-order valence-corrected chi connectivity index (χ1v) is 0. The van der Waals surface area contributed by atoms with Crippen LogP contribution in [0.3, 0.4) is 0 Å². The Morgan fingerprint density at radius 2 is 0.400 bits per heavy atom. The molecule has 39 valence electrons. The molecule has 0 aliphatic rings. The first-order valence-electron chi connectivity index (χ1n) is 0. The Bertz CT molecular complexity index is 3.61. The van der Waals surface area contributed by atoms with Gasteiger partial charge in [0, 0.05) is 0 Å². The van der Waals surface area contributed by atoms with Crippen molar-refractivity contribution in [2.75, 3.05) is 0 Å². The van der Waals surface area contributed by atoms with Crippen molar-refractivity contribution in [3.8, 4) is 0 Å². The first-order chi connectivity index (χ1) is 0. The van der Waals surface area contributed by atoms with Crippen LogP contribution >= 0.6 is 0 Å². The minimum Gasteiger partial charge on any atom is -1.00 e. The van der Waals surface area contributed by atoms with Crippen LogP contribution in [0.2, 0.25) is 0 Å². The fourth-order valence-corrected chi connectivity index (χ4v) is 0. The molecule has 0 fully saturated rings. The molecule has 5 heteroatoms. The fraction of sp³-hybridized carbons (Fsp3) is 0. The molecule has 0 unspecified atom stereocenters. The third-order valence-electron chi connectivity index (χ3n) is 0. The van der Waals surface area contributed by atoms with Gasteiger partial charge in [-0.1, -0.05) is 0 Å². The van der Waals surface area contributed by atoms with Gasteiger partial charge in [-0.15, -0.1) is 0 Å². The third kappa shape index (κ3) is 21.4. The molecule has 0 rings (SSSR count). The second-order valence-electron chi connectivity index (χ2n) is 0. The summed E-state index contributed by atoms with van der Waals surface area (Å²) in [5.74, 6) is 0. The van der Waals surface area contributed by atoms with Crippen LogP contribution in [0.5, 0.6) is 0 Å². The maximum atomic E-state index is 0. The summed E-state index contributed by atoms with van der Waals surface area (Å²) in [4.78, 5) is 0. The van der Waals surface area contributed by atoms with Gasteiger partial charge in [0.15, 0.2) is 0 Å². The zero-order valence-electron chi connectivity index (χ0n) is 1.85. The quantitative estimate of drug-likeness (QED) is 0.393. The topological polar surface area (TPSA) is 0 Å². The molecule has 0 aromatic heterocycles. The summed E-state index contributed by atoms with van der Waals surface area (Å²) in [6.07, 6.45) is 0. The first kappa shape index (κ1) is 52.1.